The van der Waals surface area contributed by atoms with Crippen LogP contribution in [0, 0.1) is 11.7 Å². The standard InChI is InChI=1S/C12H17FN2O4S2/c1-2-15(8-9-3-4-9)21(18,19)12-6-5-10(7-11(12)13)20(14,16)17/h5-7,9H,2-4,8H2,1H3,(H2,14,16,17). The molecule has 9 heteroatoms. The van der Waals surface area contributed by atoms with Crippen molar-refractivity contribution in [2.45, 2.75) is 29.6 Å². The summed E-state index contributed by atoms with van der Waals surface area (Å²) in [6.45, 7) is 2.26. The molecule has 1 fully saturated rings. The average molecular weight is 336 g/mol. The molecular formula is C12H17FN2O4S2. The van der Waals surface area contributed by atoms with Gasteiger partial charge in [-0.05, 0) is 37.0 Å². The summed E-state index contributed by atoms with van der Waals surface area (Å²) in [6.07, 6.45) is 1.94. The molecule has 0 saturated heterocycles. The largest absolute Gasteiger partial charge is 0.245 e. The summed E-state index contributed by atoms with van der Waals surface area (Å²) in [5.74, 6) is -0.790. The number of nitrogens with zero attached hydrogens (tertiary/aromatic N) is 1. The summed E-state index contributed by atoms with van der Waals surface area (Å²) >= 11 is 0. The van der Waals surface area contributed by atoms with Crippen molar-refractivity contribution in [3.63, 3.8) is 0 Å². The highest BCUT2D eigenvalue weighted by atomic mass is 32.2. The lowest BCUT2D eigenvalue weighted by molar-refractivity contribution is 0.408. The molecule has 0 spiro atoms. The molecular weight excluding hydrogens is 319 g/mol. The lowest BCUT2D eigenvalue weighted by Gasteiger charge is -2.20. The van der Waals surface area contributed by atoms with E-state index >= 15 is 0 Å². The van der Waals surface area contributed by atoms with Crippen LogP contribution in [0.15, 0.2) is 28.0 Å². The molecule has 1 saturated carbocycles. The third kappa shape index (κ3) is 3.60. The fraction of sp³-hybridized carbons (Fsp3) is 0.500. The summed E-state index contributed by atoms with van der Waals surface area (Å²) in [6, 6.07) is 2.57. The topological polar surface area (TPSA) is 97.5 Å². The summed E-state index contributed by atoms with van der Waals surface area (Å²) in [5.41, 5.74) is 0. The van der Waals surface area contributed by atoms with Gasteiger partial charge in [-0.2, -0.15) is 4.31 Å². The highest BCUT2D eigenvalue weighted by Crippen LogP contribution is 2.32. The molecule has 2 N–H and O–H groups in total. The third-order valence-electron chi connectivity index (χ3n) is 3.36. The van der Waals surface area contributed by atoms with Gasteiger partial charge in [0.2, 0.25) is 20.0 Å². The second kappa shape index (κ2) is 5.64. The molecule has 118 valence electrons. The number of sulfonamides is 2. The Bertz CT molecular complexity index is 743. The zero-order chi connectivity index (χ0) is 15.8. The molecule has 1 aromatic rings. The van der Waals surface area contributed by atoms with E-state index in [9.17, 15) is 21.2 Å². The number of hydrogen-bond donors (Lipinski definition) is 1. The van der Waals surface area contributed by atoms with Gasteiger partial charge in [-0.25, -0.2) is 26.4 Å². The lowest BCUT2D eigenvalue weighted by atomic mass is 10.3. The van der Waals surface area contributed by atoms with Crippen LogP contribution in [0.25, 0.3) is 0 Å². The van der Waals surface area contributed by atoms with Crippen LogP contribution in [0.3, 0.4) is 0 Å². The first-order valence-corrected chi connectivity index (χ1v) is 9.47. The molecule has 0 aromatic heterocycles. The zero-order valence-electron chi connectivity index (χ0n) is 11.5. The van der Waals surface area contributed by atoms with Gasteiger partial charge in [0.25, 0.3) is 0 Å². The van der Waals surface area contributed by atoms with Gasteiger partial charge in [-0.3, -0.25) is 0 Å². The minimum Gasteiger partial charge on any atom is -0.225 e. The molecule has 0 bridgehead atoms. The van der Waals surface area contributed by atoms with Gasteiger partial charge < -0.3 is 0 Å². The van der Waals surface area contributed by atoms with E-state index in [2.05, 4.69) is 0 Å². The summed E-state index contributed by atoms with van der Waals surface area (Å²) in [5, 5.41) is 4.89. The van der Waals surface area contributed by atoms with Crippen molar-refractivity contribution < 1.29 is 21.2 Å². The first-order valence-electron chi connectivity index (χ1n) is 6.48. The Hall–Kier alpha value is -1.03. The molecule has 0 aliphatic heterocycles. The fourth-order valence-corrected chi connectivity index (χ4v) is 4.09. The van der Waals surface area contributed by atoms with Gasteiger partial charge in [0.05, 0.1) is 4.90 Å². The third-order valence-corrected chi connectivity index (χ3v) is 6.25. The van der Waals surface area contributed by atoms with Crippen molar-refractivity contribution in [1.29, 1.82) is 0 Å². The second-order valence-electron chi connectivity index (χ2n) is 5.04. The van der Waals surface area contributed by atoms with Gasteiger partial charge in [0.1, 0.15) is 10.7 Å². The monoisotopic (exact) mass is 336 g/mol. The van der Waals surface area contributed by atoms with E-state index in [0.29, 0.717) is 18.5 Å². The average Bonchev–Trinajstić information content (AvgIpc) is 3.18. The molecule has 2 rings (SSSR count). The molecule has 0 radical (unpaired) electrons. The Morgan fingerprint density at radius 1 is 1.29 bits per heavy atom. The Labute approximate surface area is 123 Å². The summed E-state index contributed by atoms with van der Waals surface area (Å²) < 4.78 is 62.3. The molecule has 0 atom stereocenters. The van der Waals surface area contributed by atoms with Gasteiger partial charge in [0.15, 0.2) is 0 Å². The van der Waals surface area contributed by atoms with E-state index in [4.69, 9.17) is 5.14 Å². The van der Waals surface area contributed by atoms with Crippen molar-refractivity contribution >= 4 is 20.0 Å². The number of nitrogens with two attached hydrogens (primary N) is 1. The van der Waals surface area contributed by atoms with E-state index in [0.717, 1.165) is 25.0 Å². The van der Waals surface area contributed by atoms with Crippen molar-refractivity contribution in [2.24, 2.45) is 11.1 Å². The van der Waals surface area contributed by atoms with Crippen LogP contribution in [0.2, 0.25) is 0 Å². The maximum Gasteiger partial charge on any atom is 0.245 e. The van der Waals surface area contributed by atoms with E-state index < -0.39 is 35.7 Å². The van der Waals surface area contributed by atoms with Gasteiger partial charge in [-0.1, -0.05) is 6.92 Å². The molecule has 6 nitrogen and oxygen atoms in total. The first-order chi connectivity index (χ1) is 9.66. The Kier molecular flexibility index (Phi) is 4.39. The normalized spacial score (nSPS) is 16.4. The van der Waals surface area contributed by atoms with Crippen LogP contribution in [0.4, 0.5) is 4.39 Å². The number of benzene rings is 1. The van der Waals surface area contributed by atoms with Gasteiger partial charge in [0, 0.05) is 13.1 Å². The van der Waals surface area contributed by atoms with E-state index in [1.165, 1.54) is 4.31 Å². The van der Waals surface area contributed by atoms with Crippen LogP contribution in [0.5, 0.6) is 0 Å². The number of hydrogen-bond acceptors (Lipinski definition) is 4. The maximum absolute atomic E-state index is 14.0. The fourth-order valence-electron chi connectivity index (χ4n) is 1.99. The minimum absolute atomic E-state index is 0.231. The summed E-state index contributed by atoms with van der Waals surface area (Å²) in [4.78, 5) is -0.985. The van der Waals surface area contributed by atoms with E-state index in [1.807, 2.05) is 0 Å². The molecule has 1 aliphatic carbocycles. The van der Waals surface area contributed by atoms with Crippen molar-refractivity contribution in [2.75, 3.05) is 13.1 Å². The Balaban J connectivity index is 2.39. The molecule has 1 aliphatic rings. The van der Waals surface area contributed by atoms with Crippen molar-refractivity contribution in [1.82, 2.24) is 4.31 Å². The van der Waals surface area contributed by atoms with Crippen LogP contribution < -0.4 is 5.14 Å². The van der Waals surface area contributed by atoms with Crippen LogP contribution in [-0.2, 0) is 20.0 Å². The highest BCUT2D eigenvalue weighted by molar-refractivity contribution is 7.89. The number of halogens is 1. The Morgan fingerprint density at radius 3 is 2.33 bits per heavy atom. The smallest absolute Gasteiger partial charge is 0.225 e. The quantitative estimate of drug-likeness (QED) is 0.834. The van der Waals surface area contributed by atoms with E-state index in [-0.39, 0.29) is 6.54 Å². The van der Waals surface area contributed by atoms with Crippen LogP contribution >= 0.6 is 0 Å². The molecule has 0 unspecified atom stereocenters. The lowest BCUT2D eigenvalue weighted by Crippen LogP contribution is -2.33. The van der Waals surface area contributed by atoms with Crippen molar-refractivity contribution in [3.05, 3.63) is 24.0 Å². The predicted molar refractivity (Wildman–Crippen MR) is 74.9 cm³/mol. The predicted octanol–water partition coefficient (Wildman–Crippen LogP) is 0.894. The number of primary sulfonamides is 1. The molecule has 0 heterocycles. The Morgan fingerprint density at radius 2 is 1.90 bits per heavy atom. The highest BCUT2D eigenvalue weighted by Gasteiger charge is 2.32. The zero-order valence-corrected chi connectivity index (χ0v) is 13.1. The molecule has 0 amide bonds. The SMILES string of the molecule is CCN(CC1CC1)S(=O)(=O)c1ccc(S(N)(=O)=O)cc1F. The van der Waals surface area contributed by atoms with Gasteiger partial charge in [-0.15, -0.1) is 0 Å². The molecule has 1 aromatic carbocycles. The van der Waals surface area contributed by atoms with Crippen molar-refractivity contribution in [3.8, 4) is 0 Å². The minimum atomic E-state index is -4.07. The number of rotatable bonds is 6. The van der Waals surface area contributed by atoms with Gasteiger partial charge >= 0.3 is 0 Å². The summed E-state index contributed by atoms with van der Waals surface area (Å²) in [7, 11) is -8.05. The van der Waals surface area contributed by atoms with Crippen LogP contribution in [-0.4, -0.2) is 34.2 Å². The maximum atomic E-state index is 14.0. The molecule has 21 heavy (non-hydrogen) atoms. The first kappa shape index (κ1) is 16.3. The van der Waals surface area contributed by atoms with E-state index in [1.54, 1.807) is 6.92 Å². The van der Waals surface area contributed by atoms with Crippen LogP contribution in [0.1, 0.15) is 19.8 Å². The second-order valence-corrected chi connectivity index (χ2v) is 8.50.